The summed E-state index contributed by atoms with van der Waals surface area (Å²) in [4.78, 5) is 5.42. The van der Waals surface area contributed by atoms with E-state index >= 15 is 0 Å². The van der Waals surface area contributed by atoms with Crippen LogP contribution in [0.4, 0.5) is 0 Å². The highest BCUT2D eigenvalue weighted by atomic mass is 15.4. The third kappa shape index (κ3) is 22.0. The van der Waals surface area contributed by atoms with Gasteiger partial charge in [0.1, 0.15) is 6.17 Å². The van der Waals surface area contributed by atoms with Crippen LogP contribution >= 0.6 is 0 Å². The van der Waals surface area contributed by atoms with Gasteiger partial charge in [0.05, 0.1) is 0 Å². The quantitative estimate of drug-likeness (QED) is 0.0755. The Hall–Kier alpha value is -0.660. The Kier molecular flexibility index (Phi) is 27.9. The van der Waals surface area contributed by atoms with E-state index in [1.54, 1.807) is 0 Å². The maximum absolute atomic E-state index is 2.71. The summed E-state index contributed by atoms with van der Waals surface area (Å²) in [5.41, 5.74) is 0. The van der Waals surface area contributed by atoms with E-state index in [-0.39, 0.29) is 0 Å². The van der Waals surface area contributed by atoms with Gasteiger partial charge in [-0.05, 0) is 25.7 Å². The molecule has 0 aliphatic carbocycles. The van der Waals surface area contributed by atoms with Crippen LogP contribution in [-0.2, 0) is 0 Å². The second kappa shape index (κ2) is 29.8. The van der Waals surface area contributed by atoms with Gasteiger partial charge in [-0.15, -0.1) is 0 Å². The van der Waals surface area contributed by atoms with Gasteiger partial charge in [-0.3, -0.25) is 0 Å². The molecule has 1 heterocycles. The van der Waals surface area contributed by atoms with Crippen molar-refractivity contribution in [3.05, 3.63) is 12.4 Å². The smallest absolute Gasteiger partial charge is 0.101 e. The average molecular weight is 561 g/mol. The van der Waals surface area contributed by atoms with E-state index in [2.05, 4.69) is 43.0 Å². The Labute approximate surface area is 254 Å². The molecule has 0 N–H and O–H groups in total. The van der Waals surface area contributed by atoms with Crippen molar-refractivity contribution in [2.45, 2.75) is 220 Å². The molecule has 0 aromatic rings. The molecule has 0 unspecified atom stereocenters. The molecule has 2 nitrogen and oxygen atoms in total. The Morgan fingerprint density at radius 2 is 0.575 bits per heavy atom. The van der Waals surface area contributed by atoms with Crippen LogP contribution in [0.15, 0.2) is 12.4 Å². The second-order valence-electron chi connectivity index (χ2n) is 13.2. The zero-order valence-corrected chi connectivity index (χ0v) is 28.3. The lowest BCUT2D eigenvalue weighted by atomic mass is 10.0. The molecule has 0 saturated carbocycles. The normalized spacial score (nSPS) is 13.8. The van der Waals surface area contributed by atoms with E-state index < -0.39 is 0 Å². The Morgan fingerprint density at radius 1 is 0.325 bits per heavy atom. The van der Waals surface area contributed by atoms with Crippen LogP contribution < -0.4 is 0 Å². The fraction of sp³-hybridized carbons (Fsp3) is 0.947. The third-order valence-corrected chi connectivity index (χ3v) is 9.32. The van der Waals surface area contributed by atoms with Crippen molar-refractivity contribution >= 4 is 0 Å². The summed E-state index contributed by atoms with van der Waals surface area (Å²) < 4.78 is 0. The molecule has 1 aliphatic rings. The van der Waals surface area contributed by atoms with Gasteiger partial charge in [0.25, 0.3) is 0 Å². The highest BCUT2D eigenvalue weighted by Crippen LogP contribution is 2.24. The first-order valence-electron chi connectivity index (χ1n) is 19.0. The monoisotopic (exact) mass is 561 g/mol. The number of unbranched alkanes of at least 4 members (excludes halogenated alkanes) is 26. The lowest BCUT2D eigenvalue weighted by Crippen LogP contribution is -2.39. The van der Waals surface area contributed by atoms with Crippen molar-refractivity contribution in [2.75, 3.05) is 13.1 Å². The Balaban J connectivity index is 2.22. The van der Waals surface area contributed by atoms with E-state index in [4.69, 9.17) is 0 Å². The molecule has 238 valence electrons. The maximum Gasteiger partial charge on any atom is 0.101 e. The SMILES string of the molecule is CCCCCCCCCCCCCCCC1N(CCCCCCCCCC)C=CN1CCCCCCCCCC. The minimum absolute atomic E-state index is 0.641. The minimum Gasteiger partial charge on any atom is -0.356 e. The molecule has 1 rings (SSSR count). The van der Waals surface area contributed by atoms with Crippen molar-refractivity contribution in [1.29, 1.82) is 0 Å². The molecule has 0 fully saturated rings. The Bertz CT molecular complexity index is 486. The number of hydrogen-bond acceptors (Lipinski definition) is 2. The van der Waals surface area contributed by atoms with E-state index in [0.29, 0.717) is 6.17 Å². The van der Waals surface area contributed by atoms with Crippen molar-refractivity contribution < 1.29 is 0 Å². The van der Waals surface area contributed by atoms with Crippen LogP contribution in [0.2, 0.25) is 0 Å². The van der Waals surface area contributed by atoms with Crippen LogP contribution in [0.5, 0.6) is 0 Å². The predicted octanol–water partition coefficient (Wildman–Crippen LogP) is 13.2. The fourth-order valence-corrected chi connectivity index (χ4v) is 6.54. The van der Waals surface area contributed by atoms with Crippen LogP contribution in [0.25, 0.3) is 0 Å². The van der Waals surface area contributed by atoms with Gasteiger partial charge in [-0.2, -0.15) is 0 Å². The molecule has 40 heavy (non-hydrogen) atoms. The molecular formula is C38H76N2. The topological polar surface area (TPSA) is 6.48 Å². The summed E-state index contributed by atoms with van der Waals surface area (Å²) in [6.45, 7) is 9.48. The maximum atomic E-state index is 2.71. The number of hydrogen-bond donors (Lipinski definition) is 0. The largest absolute Gasteiger partial charge is 0.356 e. The lowest BCUT2D eigenvalue weighted by Gasteiger charge is -2.33. The van der Waals surface area contributed by atoms with Crippen molar-refractivity contribution in [3.63, 3.8) is 0 Å². The van der Waals surface area contributed by atoms with Gasteiger partial charge in [-0.1, -0.05) is 188 Å². The van der Waals surface area contributed by atoms with Gasteiger partial charge in [0, 0.05) is 25.5 Å². The fourth-order valence-electron chi connectivity index (χ4n) is 6.54. The van der Waals surface area contributed by atoms with Gasteiger partial charge < -0.3 is 9.80 Å². The summed E-state index contributed by atoms with van der Waals surface area (Å²) >= 11 is 0. The van der Waals surface area contributed by atoms with Crippen LogP contribution in [-0.4, -0.2) is 29.1 Å². The van der Waals surface area contributed by atoms with Crippen LogP contribution in [0.3, 0.4) is 0 Å². The molecule has 0 saturated heterocycles. The minimum atomic E-state index is 0.641. The molecule has 2 heteroatoms. The molecule has 0 bridgehead atoms. The molecule has 0 amide bonds. The van der Waals surface area contributed by atoms with Crippen molar-refractivity contribution in [3.8, 4) is 0 Å². The molecule has 0 atom stereocenters. The number of nitrogens with zero attached hydrogens (tertiary/aromatic N) is 2. The third-order valence-electron chi connectivity index (χ3n) is 9.32. The van der Waals surface area contributed by atoms with E-state index in [1.165, 1.54) is 206 Å². The second-order valence-corrected chi connectivity index (χ2v) is 13.2. The molecule has 0 spiro atoms. The van der Waals surface area contributed by atoms with Crippen molar-refractivity contribution in [2.24, 2.45) is 0 Å². The molecule has 0 radical (unpaired) electrons. The summed E-state index contributed by atoms with van der Waals surface area (Å²) in [5, 5.41) is 0. The van der Waals surface area contributed by atoms with Crippen LogP contribution in [0, 0.1) is 0 Å². The van der Waals surface area contributed by atoms with Crippen LogP contribution in [0.1, 0.15) is 213 Å². The molecule has 0 aromatic carbocycles. The summed E-state index contributed by atoms with van der Waals surface area (Å²) in [6, 6.07) is 0. The first kappa shape index (κ1) is 37.4. The van der Waals surface area contributed by atoms with Gasteiger partial charge >= 0.3 is 0 Å². The first-order chi connectivity index (χ1) is 19.8. The standard InChI is InChI=1S/C38H76N2/c1-4-7-10-13-16-19-20-21-22-23-24-27-30-33-38-39(34-31-28-25-17-14-11-8-5-2)36-37-40(38)35-32-29-26-18-15-12-9-6-3/h36-38H,4-35H2,1-3H3. The summed E-state index contributed by atoms with van der Waals surface area (Å²) in [6.07, 6.45) is 48.4. The van der Waals surface area contributed by atoms with E-state index in [0.717, 1.165) is 0 Å². The van der Waals surface area contributed by atoms with Gasteiger partial charge in [-0.25, -0.2) is 0 Å². The summed E-state index contributed by atoms with van der Waals surface area (Å²) in [7, 11) is 0. The number of rotatable bonds is 32. The lowest BCUT2D eigenvalue weighted by molar-refractivity contribution is 0.135. The van der Waals surface area contributed by atoms with E-state index in [9.17, 15) is 0 Å². The first-order valence-corrected chi connectivity index (χ1v) is 19.0. The average Bonchev–Trinajstić information content (AvgIpc) is 3.35. The Morgan fingerprint density at radius 3 is 0.875 bits per heavy atom. The molecule has 1 aliphatic heterocycles. The highest BCUT2D eigenvalue weighted by Gasteiger charge is 2.24. The zero-order valence-electron chi connectivity index (χ0n) is 28.3. The van der Waals surface area contributed by atoms with Gasteiger partial charge in [0.2, 0.25) is 0 Å². The summed E-state index contributed by atoms with van der Waals surface area (Å²) in [5.74, 6) is 0. The molecular weight excluding hydrogens is 484 g/mol. The zero-order chi connectivity index (χ0) is 28.8. The predicted molar refractivity (Wildman–Crippen MR) is 182 cm³/mol. The molecule has 0 aromatic heterocycles. The van der Waals surface area contributed by atoms with E-state index in [1.807, 2.05) is 0 Å². The van der Waals surface area contributed by atoms with Crippen molar-refractivity contribution in [1.82, 2.24) is 9.80 Å². The van der Waals surface area contributed by atoms with Gasteiger partial charge in [0.15, 0.2) is 0 Å². The highest BCUT2D eigenvalue weighted by molar-refractivity contribution is 4.97.